The Kier molecular flexibility index (Phi) is 3.32. The molecular formula is C12H20N2O. The van der Waals surface area contributed by atoms with Crippen LogP contribution >= 0.6 is 0 Å². The summed E-state index contributed by atoms with van der Waals surface area (Å²) in [5.41, 5.74) is 1.98. The number of aromatic nitrogens is 2. The molecule has 1 heterocycles. The topological polar surface area (TPSA) is 34.9 Å². The van der Waals surface area contributed by atoms with Gasteiger partial charge >= 0.3 is 0 Å². The number of hydrogen-bond acceptors (Lipinski definition) is 2. The quantitative estimate of drug-likeness (QED) is 0.763. The van der Waals surface area contributed by atoms with E-state index in [0.717, 1.165) is 12.1 Å². The number of ketones is 1. The highest BCUT2D eigenvalue weighted by Gasteiger charge is 2.20. The van der Waals surface area contributed by atoms with E-state index in [9.17, 15) is 4.79 Å². The number of carbonyl (C=O) groups is 1. The van der Waals surface area contributed by atoms with E-state index in [2.05, 4.69) is 5.10 Å². The predicted molar refractivity (Wildman–Crippen MR) is 60.7 cm³/mol. The largest absolute Gasteiger partial charge is 0.299 e. The number of hydrogen-bond donors (Lipinski definition) is 0. The van der Waals surface area contributed by atoms with Crippen LogP contribution in [-0.4, -0.2) is 15.6 Å². The van der Waals surface area contributed by atoms with Gasteiger partial charge in [-0.25, -0.2) is 0 Å². The summed E-state index contributed by atoms with van der Waals surface area (Å²) in [6, 6.07) is 0. The van der Waals surface area contributed by atoms with Gasteiger partial charge in [0.15, 0.2) is 0 Å². The van der Waals surface area contributed by atoms with Crippen LogP contribution in [0.4, 0.5) is 0 Å². The van der Waals surface area contributed by atoms with Gasteiger partial charge in [0.25, 0.3) is 0 Å². The number of nitrogens with zero attached hydrogens (tertiary/aromatic N) is 2. The summed E-state index contributed by atoms with van der Waals surface area (Å²) in [5, 5.41) is 4.26. The molecule has 0 amide bonds. The van der Waals surface area contributed by atoms with Crippen molar-refractivity contribution in [2.75, 3.05) is 0 Å². The summed E-state index contributed by atoms with van der Waals surface area (Å²) in [7, 11) is 1.90. The molecule has 1 aromatic heterocycles. The van der Waals surface area contributed by atoms with Crippen molar-refractivity contribution < 1.29 is 4.79 Å². The van der Waals surface area contributed by atoms with Crippen LogP contribution in [0, 0.1) is 12.3 Å². The zero-order chi connectivity index (χ0) is 11.6. The van der Waals surface area contributed by atoms with E-state index in [1.807, 2.05) is 40.9 Å². The molecule has 0 atom stereocenters. The fraction of sp³-hybridized carbons (Fsp3) is 0.667. The minimum Gasteiger partial charge on any atom is -0.299 e. The molecule has 0 aliphatic heterocycles. The Labute approximate surface area is 91.5 Å². The van der Waals surface area contributed by atoms with Gasteiger partial charge in [-0.1, -0.05) is 20.8 Å². The Morgan fingerprint density at radius 1 is 1.47 bits per heavy atom. The third kappa shape index (κ3) is 3.18. The first-order valence-electron chi connectivity index (χ1n) is 5.33. The molecule has 0 radical (unpaired) electrons. The first-order valence-corrected chi connectivity index (χ1v) is 5.33. The summed E-state index contributed by atoms with van der Waals surface area (Å²) < 4.78 is 1.80. The lowest BCUT2D eigenvalue weighted by Gasteiger charge is -2.15. The number of Topliss-reactive ketones (excluding diaryl/α,β-unsaturated/α-hetero) is 1. The molecule has 3 nitrogen and oxygen atoms in total. The van der Waals surface area contributed by atoms with Crippen LogP contribution in [0.5, 0.6) is 0 Å². The summed E-state index contributed by atoms with van der Waals surface area (Å²) in [6.45, 7) is 7.87. The Morgan fingerprint density at radius 3 is 2.47 bits per heavy atom. The molecule has 15 heavy (non-hydrogen) atoms. The molecule has 3 heteroatoms. The van der Waals surface area contributed by atoms with E-state index in [0.29, 0.717) is 12.2 Å². The van der Waals surface area contributed by atoms with Crippen molar-refractivity contribution in [3.8, 4) is 0 Å². The molecule has 0 fully saturated rings. The molecule has 0 saturated heterocycles. The van der Waals surface area contributed by atoms with Crippen LogP contribution in [0.25, 0.3) is 0 Å². The second kappa shape index (κ2) is 4.17. The lowest BCUT2D eigenvalue weighted by Crippen LogP contribution is -2.20. The fourth-order valence-electron chi connectivity index (χ4n) is 1.52. The molecule has 0 unspecified atom stereocenters. The normalized spacial score (nSPS) is 11.8. The number of carbonyl (C=O) groups excluding carboxylic acids is 1. The van der Waals surface area contributed by atoms with Crippen LogP contribution in [0.1, 0.15) is 38.4 Å². The average Bonchev–Trinajstić information content (AvgIpc) is 2.39. The molecule has 0 bridgehead atoms. The molecule has 0 spiro atoms. The van der Waals surface area contributed by atoms with Crippen LogP contribution < -0.4 is 0 Å². The summed E-state index contributed by atoms with van der Waals surface area (Å²) >= 11 is 0. The third-order valence-corrected chi connectivity index (χ3v) is 2.57. The predicted octanol–water partition coefficient (Wildman–Crippen LogP) is 2.28. The van der Waals surface area contributed by atoms with E-state index in [1.165, 1.54) is 5.56 Å². The van der Waals surface area contributed by atoms with Crippen molar-refractivity contribution in [3.05, 3.63) is 17.5 Å². The average molecular weight is 208 g/mol. The van der Waals surface area contributed by atoms with E-state index in [-0.39, 0.29) is 5.41 Å². The Morgan fingerprint density at radius 2 is 2.07 bits per heavy atom. The van der Waals surface area contributed by atoms with E-state index in [4.69, 9.17) is 0 Å². The molecule has 0 aliphatic rings. The van der Waals surface area contributed by atoms with Crippen molar-refractivity contribution in [3.63, 3.8) is 0 Å². The monoisotopic (exact) mass is 208 g/mol. The van der Waals surface area contributed by atoms with E-state index < -0.39 is 0 Å². The maximum Gasteiger partial charge on any atom is 0.138 e. The van der Waals surface area contributed by atoms with Gasteiger partial charge in [0.1, 0.15) is 5.78 Å². The van der Waals surface area contributed by atoms with Gasteiger partial charge in [-0.05, 0) is 18.9 Å². The second-order valence-electron chi connectivity index (χ2n) is 5.09. The third-order valence-electron chi connectivity index (χ3n) is 2.57. The number of rotatable bonds is 3. The van der Waals surface area contributed by atoms with Crippen LogP contribution in [-0.2, 0) is 18.3 Å². The lowest BCUT2D eigenvalue weighted by molar-refractivity contribution is -0.126. The molecular weight excluding hydrogens is 188 g/mol. The van der Waals surface area contributed by atoms with E-state index in [1.54, 1.807) is 4.68 Å². The fourth-order valence-corrected chi connectivity index (χ4v) is 1.52. The van der Waals surface area contributed by atoms with Crippen LogP contribution in [0.3, 0.4) is 0 Å². The summed E-state index contributed by atoms with van der Waals surface area (Å²) in [5.74, 6) is 0.311. The second-order valence-corrected chi connectivity index (χ2v) is 5.09. The maximum absolute atomic E-state index is 11.7. The molecule has 1 aromatic rings. The van der Waals surface area contributed by atoms with Gasteiger partial charge in [0.05, 0.1) is 5.69 Å². The highest BCUT2D eigenvalue weighted by atomic mass is 16.1. The summed E-state index contributed by atoms with van der Waals surface area (Å²) in [6.07, 6.45) is 3.40. The highest BCUT2D eigenvalue weighted by Crippen LogP contribution is 2.18. The standard InChI is InChI=1S/C12H20N2O/c1-9-10(8-14(5)13-9)6-7-11(15)12(2,3)4/h8H,6-7H2,1-5H3. The van der Waals surface area contributed by atoms with Crippen LogP contribution in [0.15, 0.2) is 6.20 Å². The summed E-state index contributed by atoms with van der Waals surface area (Å²) in [4.78, 5) is 11.7. The Bertz CT molecular complexity index is 358. The van der Waals surface area contributed by atoms with Crippen LogP contribution in [0.2, 0.25) is 0 Å². The van der Waals surface area contributed by atoms with Gasteiger partial charge < -0.3 is 0 Å². The smallest absolute Gasteiger partial charge is 0.138 e. The highest BCUT2D eigenvalue weighted by molar-refractivity contribution is 5.83. The molecule has 0 saturated carbocycles. The van der Waals surface area contributed by atoms with Gasteiger partial charge in [-0.15, -0.1) is 0 Å². The molecule has 0 aromatic carbocycles. The van der Waals surface area contributed by atoms with E-state index >= 15 is 0 Å². The minimum atomic E-state index is -0.226. The first kappa shape index (κ1) is 12.0. The van der Waals surface area contributed by atoms with Gasteiger partial charge in [-0.2, -0.15) is 5.10 Å². The maximum atomic E-state index is 11.7. The van der Waals surface area contributed by atoms with Crippen molar-refractivity contribution in [1.29, 1.82) is 0 Å². The van der Waals surface area contributed by atoms with Crippen molar-refractivity contribution in [2.24, 2.45) is 12.5 Å². The van der Waals surface area contributed by atoms with Gasteiger partial charge in [0.2, 0.25) is 0 Å². The lowest BCUT2D eigenvalue weighted by atomic mass is 9.87. The molecule has 84 valence electrons. The van der Waals surface area contributed by atoms with Crippen molar-refractivity contribution in [2.45, 2.75) is 40.5 Å². The number of aryl methyl sites for hydroxylation is 3. The Balaban J connectivity index is 2.58. The first-order chi connectivity index (χ1) is 6.80. The minimum absolute atomic E-state index is 0.226. The molecule has 0 N–H and O–H groups in total. The van der Waals surface area contributed by atoms with Gasteiger partial charge in [0, 0.05) is 25.1 Å². The van der Waals surface area contributed by atoms with Gasteiger partial charge in [-0.3, -0.25) is 9.48 Å². The Hall–Kier alpha value is -1.12. The zero-order valence-electron chi connectivity index (χ0n) is 10.3. The molecule has 0 aliphatic carbocycles. The van der Waals surface area contributed by atoms with Crippen molar-refractivity contribution >= 4 is 5.78 Å². The molecule has 1 rings (SSSR count). The SMILES string of the molecule is Cc1nn(C)cc1CCC(=O)C(C)(C)C. The zero-order valence-corrected chi connectivity index (χ0v) is 10.3. The van der Waals surface area contributed by atoms with Crippen molar-refractivity contribution in [1.82, 2.24) is 9.78 Å².